The molecule has 0 saturated heterocycles. The Balaban J connectivity index is 1.71. The fraction of sp³-hybridized carbons (Fsp3) is 0.588. The minimum atomic E-state index is -0.336. The van der Waals surface area contributed by atoms with Crippen LogP contribution in [0.5, 0.6) is 0 Å². The molecule has 0 unspecified atom stereocenters. The van der Waals surface area contributed by atoms with Gasteiger partial charge in [0, 0.05) is 10.2 Å². The van der Waals surface area contributed by atoms with Crippen molar-refractivity contribution in [3.63, 3.8) is 0 Å². The molecule has 4 bridgehead atoms. The quantitative estimate of drug-likeness (QED) is 0.861. The number of hydrogen-bond acceptors (Lipinski definition) is 2. The maximum Gasteiger partial charge on any atom is 0.131 e. The summed E-state index contributed by atoms with van der Waals surface area (Å²) in [5.41, 5.74) is 0.735. The first kappa shape index (κ1) is 12.7. The normalized spacial score (nSPS) is 41.4. The van der Waals surface area contributed by atoms with Crippen LogP contribution in [-0.4, -0.2) is 5.54 Å². The molecule has 4 fully saturated rings. The van der Waals surface area contributed by atoms with Crippen molar-refractivity contribution in [1.29, 1.82) is 5.26 Å². The van der Waals surface area contributed by atoms with Gasteiger partial charge in [0.15, 0.2) is 0 Å². The van der Waals surface area contributed by atoms with Gasteiger partial charge in [-0.25, -0.2) is 0 Å². The minimum absolute atomic E-state index is 0.336. The molecule has 4 aliphatic carbocycles. The summed E-state index contributed by atoms with van der Waals surface area (Å²) in [4.78, 5) is 0. The number of rotatable bonds is 2. The summed E-state index contributed by atoms with van der Waals surface area (Å²) in [5.74, 6) is 2.85. The third-order valence-corrected chi connectivity index (χ3v) is 6.52. The van der Waals surface area contributed by atoms with E-state index in [1.165, 1.54) is 32.1 Å². The fourth-order valence-corrected chi connectivity index (χ4v) is 5.51. The van der Waals surface area contributed by atoms with Gasteiger partial charge in [-0.3, -0.25) is 0 Å². The highest BCUT2D eigenvalue weighted by atomic mass is 79.9. The summed E-state index contributed by atoms with van der Waals surface area (Å²) in [7, 11) is 0. The van der Waals surface area contributed by atoms with Crippen LogP contribution in [0, 0.1) is 35.0 Å². The molecule has 1 aromatic carbocycles. The number of nitrogens with zero attached hydrogens (tertiary/aromatic N) is 1. The first-order chi connectivity index (χ1) is 9.71. The van der Waals surface area contributed by atoms with E-state index in [9.17, 15) is 5.26 Å². The molecule has 0 aliphatic heterocycles. The zero-order chi connectivity index (χ0) is 13.7. The van der Waals surface area contributed by atoms with Crippen molar-refractivity contribution in [2.24, 2.45) is 23.7 Å². The highest BCUT2D eigenvalue weighted by molar-refractivity contribution is 9.10. The van der Waals surface area contributed by atoms with Gasteiger partial charge in [-0.1, -0.05) is 12.1 Å². The molecule has 5 rings (SSSR count). The van der Waals surface area contributed by atoms with Gasteiger partial charge in [0.25, 0.3) is 0 Å². The number of nitrogens with one attached hydrogen (secondary N) is 1. The first-order valence-corrected chi connectivity index (χ1v) is 8.44. The molecule has 0 amide bonds. The lowest BCUT2D eigenvalue weighted by atomic mass is 9.49. The summed E-state index contributed by atoms with van der Waals surface area (Å²) < 4.78 is 1.06. The summed E-state index contributed by atoms with van der Waals surface area (Å²) in [6.07, 6.45) is 6.41. The van der Waals surface area contributed by atoms with Crippen LogP contribution >= 0.6 is 15.9 Å². The van der Waals surface area contributed by atoms with Gasteiger partial charge in [-0.2, -0.15) is 5.26 Å². The van der Waals surface area contributed by atoms with E-state index in [-0.39, 0.29) is 5.54 Å². The fourth-order valence-electron chi connectivity index (χ4n) is 5.13. The maximum absolute atomic E-state index is 9.97. The lowest BCUT2D eigenvalue weighted by Crippen LogP contribution is -2.61. The Kier molecular flexibility index (Phi) is 2.86. The smallest absolute Gasteiger partial charge is 0.131 e. The monoisotopic (exact) mass is 330 g/mol. The summed E-state index contributed by atoms with van der Waals surface area (Å²) in [6.45, 7) is 0. The summed E-state index contributed by atoms with van der Waals surface area (Å²) in [6, 6.07) is 10.9. The molecule has 0 heterocycles. The SMILES string of the molecule is N#CC1(Nc2ccccc2Br)C2CC3CC(C2)CC1C3. The van der Waals surface area contributed by atoms with Crippen molar-refractivity contribution in [2.75, 3.05) is 5.32 Å². The molecule has 104 valence electrons. The van der Waals surface area contributed by atoms with Gasteiger partial charge in [0.1, 0.15) is 5.54 Å². The van der Waals surface area contributed by atoms with Gasteiger partial charge in [-0.05, 0) is 83.8 Å². The van der Waals surface area contributed by atoms with Crippen molar-refractivity contribution in [3.8, 4) is 6.07 Å². The van der Waals surface area contributed by atoms with Crippen LogP contribution in [0.15, 0.2) is 28.7 Å². The van der Waals surface area contributed by atoms with Crippen LogP contribution in [-0.2, 0) is 0 Å². The number of benzene rings is 1. The maximum atomic E-state index is 9.97. The summed E-state index contributed by atoms with van der Waals surface area (Å²) in [5, 5.41) is 13.6. The van der Waals surface area contributed by atoms with Crippen molar-refractivity contribution in [1.82, 2.24) is 0 Å². The van der Waals surface area contributed by atoms with E-state index in [1.54, 1.807) is 0 Å². The Labute approximate surface area is 128 Å². The van der Waals surface area contributed by atoms with Crippen molar-refractivity contribution in [3.05, 3.63) is 28.7 Å². The average Bonchev–Trinajstić information content (AvgIpc) is 2.44. The molecule has 20 heavy (non-hydrogen) atoms. The number of hydrogen-bond donors (Lipinski definition) is 1. The Morgan fingerprint density at radius 3 is 2.20 bits per heavy atom. The summed E-state index contributed by atoms with van der Waals surface area (Å²) >= 11 is 3.60. The van der Waals surface area contributed by atoms with Crippen LogP contribution in [0.4, 0.5) is 5.69 Å². The van der Waals surface area contributed by atoms with E-state index >= 15 is 0 Å². The van der Waals surface area contributed by atoms with E-state index in [4.69, 9.17) is 0 Å². The van der Waals surface area contributed by atoms with Crippen LogP contribution in [0.25, 0.3) is 0 Å². The van der Waals surface area contributed by atoms with Crippen LogP contribution in [0.3, 0.4) is 0 Å². The highest BCUT2D eigenvalue weighted by Crippen LogP contribution is 2.59. The van der Waals surface area contributed by atoms with E-state index in [2.05, 4.69) is 33.4 Å². The zero-order valence-corrected chi connectivity index (χ0v) is 13.1. The first-order valence-electron chi connectivity index (χ1n) is 7.65. The van der Waals surface area contributed by atoms with Crippen LogP contribution in [0.1, 0.15) is 32.1 Å². The predicted molar refractivity (Wildman–Crippen MR) is 83.2 cm³/mol. The molecule has 2 nitrogen and oxygen atoms in total. The molecule has 4 aliphatic rings. The number of nitriles is 1. The molecular formula is C17H19BrN2. The molecule has 0 atom stereocenters. The van der Waals surface area contributed by atoms with Gasteiger partial charge in [0.2, 0.25) is 0 Å². The van der Waals surface area contributed by atoms with Crippen LogP contribution < -0.4 is 5.32 Å². The molecular weight excluding hydrogens is 312 g/mol. The molecule has 0 aromatic heterocycles. The van der Waals surface area contributed by atoms with Gasteiger partial charge >= 0.3 is 0 Å². The molecule has 1 N–H and O–H groups in total. The Bertz CT molecular complexity index is 547. The zero-order valence-electron chi connectivity index (χ0n) is 11.5. The Hall–Kier alpha value is -1.01. The van der Waals surface area contributed by atoms with E-state index in [1.807, 2.05) is 18.2 Å². The highest BCUT2D eigenvalue weighted by Gasteiger charge is 2.57. The topological polar surface area (TPSA) is 35.8 Å². The molecule has 4 saturated carbocycles. The third kappa shape index (κ3) is 1.74. The Morgan fingerprint density at radius 2 is 1.65 bits per heavy atom. The molecule has 0 radical (unpaired) electrons. The van der Waals surface area contributed by atoms with Gasteiger partial charge in [0.05, 0.1) is 6.07 Å². The minimum Gasteiger partial charge on any atom is -0.366 e. The van der Waals surface area contributed by atoms with Crippen LogP contribution in [0.2, 0.25) is 0 Å². The van der Waals surface area contributed by atoms with Gasteiger partial charge < -0.3 is 5.32 Å². The standard InChI is InChI=1S/C17H19BrN2/c18-15-3-1-2-4-16(15)20-17(10-19)13-6-11-5-12(8-13)9-14(17)7-11/h1-4,11-14,20H,5-9H2. The molecule has 1 aromatic rings. The van der Waals surface area contributed by atoms with E-state index < -0.39 is 0 Å². The second kappa shape index (κ2) is 4.49. The number of para-hydroxylation sites is 1. The Morgan fingerprint density at radius 1 is 1.05 bits per heavy atom. The average molecular weight is 331 g/mol. The van der Waals surface area contributed by atoms with Crippen molar-refractivity contribution >= 4 is 21.6 Å². The van der Waals surface area contributed by atoms with Crippen molar-refractivity contribution < 1.29 is 0 Å². The van der Waals surface area contributed by atoms with Gasteiger partial charge in [-0.15, -0.1) is 0 Å². The lowest BCUT2D eigenvalue weighted by Gasteiger charge is -2.58. The molecule has 0 spiro atoms. The number of anilines is 1. The lowest BCUT2D eigenvalue weighted by molar-refractivity contribution is -0.0207. The van der Waals surface area contributed by atoms with E-state index in [0.29, 0.717) is 11.8 Å². The number of halogens is 1. The predicted octanol–water partition coefficient (Wildman–Crippen LogP) is 4.58. The molecule has 3 heteroatoms. The van der Waals surface area contributed by atoms with Crippen molar-refractivity contribution in [2.45, 2.75) is 37.6 Å². The third-order valence-electron chi connectivity index (χ3n) is 5.83. The largest absolute Gasteiger partial charge is 0.366 e. The second-order valence-corrected chi connectivity index (χ2v) is 7.74. The second-order valence-electron chi connectivity index (χ2n) is 6.89. The van der Waals surface area contributed by atoms with E-state index in [0.717, 1.165) is 22.0 Å².